The van der Waals surface area contributed by atoms with Gasteiger partial charge in [-0.3, -0.25) is 9.67 Å². The highest BCUT2D eigenvalue weighted by Crippen LogP contribution is 2.39. The van der Waals surface area contributed by atoms with Crippen molar-refractivity contribution >= 4 is 16.6 Å². The number of aryl methyl sites for hydroxylation is 1. The Morgan fingerprint density at radius 3 is 2.42 bits per heavy atom. The topological polar surface area (TPSA) is 78.6 Å². The van der Waals surface area contributed by atoms with E-state index < -0.39 is 0 Å². The summed E-state index contributed by atoms with van der Waals surface area (Å²) in [5.74, 6) is 0.774. The maximum atomic E-state index is 6.59. The predicted octanol–water partition coefficient (Wildman–Crippen LogP) is 4.56. The van der Waals surface area contributed by atoms with Gasteiger partial charge in [0.1, 0.15) is 5.69 Å². The summed E-state index contributed by atoms with van der Waals surface area (Å²) in [6.07, 6.45) is 9.16. The quantitative estimate of drug-likeness (QED) is 0.382. The molecular formula is C29H26N7+. The van der Waals surface area contributed by atoms with Crippen molar-refractivity contribution in [3.05, 3.63) is 97.0 Å². The Bertz CT molecular complexity index is 1730. The van der Waals surface area contributed by atoms with Crippen molar-refractivity contribution < 1.29 is 4.40 Å². The number of rotatable bonds is 4. The molecule has 2 aromatic carbocycles. The van der Waals surface area contributed by atoms with Gasteiger partial charge in [0.25, 0.3) is 5.65 Å². The zero-order chi connectivity index (χ0) is 24.3. The Labute approximate surface area is 208 Å². The van der Waals surface area contributed by atoms with E-state index in [1.807, 2.05) is 60.7 Å². The maximum Gasteiger partial charge on any atom is 0.334 e. The smallest absolute Gasteiger partial charge is 0.321 e. The van der Waals surface area contributed by atoms with Crippen molar-refractivity contribution in [1.29, 1.82) is 0 Å². The van der Waals surface area contributed by atoms with Crippen molar-refractivity contribution in [2.24, 2.45) is 12.8 Å². The molecule has 0 saturated heterocycles. The first-order valence-corrected chi connectivity index (χ1v) is 12.3. The lowest BCUT2D eigenvalue weighted by molar-refractivity contribution is -0.498. The predicted molar refractivity (Wildman–Crippen MR) is 139 cm³/mol. The second-order valence-corrected chi connectivity index (χ2v) is 9.70. The SMILES string of the molecule is Cn1ccc(-c2nn(-c3ccc(C4(N)CCC4)cc3)c3c4cc(-c5ccccc5)cnc4cc[n+]23)n1. The fraction of sp³-hybridized carbons (Fsp3) is 0.172. The number of fused-ring (bicyclic) bond motifs is 3. The molecule has 7 nitrogen and oxygen atoms in total. The van der Waals surface area contributed by atoms with E-state index in [-0.39, 0.29) is 5.54 Å². The number of aromatic nitrogens is 6. The molecule has 176 valence electrons. The van der Waals surface area contributed by atoms with Gasteiger partial charge in [-0.25, -0.2) is 0 Å². The van der Waals surface area contributed by atoms with Crippen LogP contribution in [0.4, 0.5) is 0 Å². The first-order valence-electron chi connectivity index (χ1n) is 12.3. The fourth-order valence-corrected chi connectivity index (χ4v) is 5.17. The number of nitrogens with zero attached hydrogens (tertiary/aromatic N) is 6. The van der Waals surface area contributed by atoms with Crippen molar-refractivity contribution in [2.45, 2.75) is 24.8 Å². The fourth-order valence-electron chi connectivity index (χ4n) is 5.17. The minimum Gasteiger partial charge on any atom is -0.321 e. The summed E-state index contributed by atoms with van der Waals surface area (Å²) in [6.45, 7) is 0. The van der Waals surface area contributed by atoms with Crippen LogP contribution in [-0.4, -0.2) is 24.5 Å². The van der Waals surface area contributed by atoms with Crippen molar-refractivity contribution in [1.82, 2.24) is 24.5 Å². The van der Waals surface area contributed by atoms with Crippen molar-refractivity contribution in [2.75, 3.05) is 0 Å². The van der Waals surface area contributed by atoms with Crippen molar-refractivity contribution in [3.63, 3.8) is 0 Å². The largest absolute Gasteiger partial charge is 0.334 e. The van der Waals surface area contributed by atoms with Crippen LogP contribution in [-0.2, 0) is 12.6 Å². The van der Waals surface area contributed by atoms with Crippen LogP contribution in [0.15, 0.2) is 91.4 Å². The maximum absolute atomic E-state index is 6.59. The number of nitrogens with two attached hydrogens (primary N) is 1. The molecule has 0 unspecified atom stereocenters. The van der Waals surface area contributed by atoms with Crippen molar-refractivity contribution in [3.8, 4) is 28.3 Å². The summed E-state index contributed by atoms with van der Waals surface area (Å²) >= 11 is 0. The van der Waals surface area contributed by atoms with E-state index in [0.29, 0.717) is 0 Å². The molecule has 6 aromatic rings. The molecule has 2 N–H and O–H groups in total. The summed E-state index contributed by atoms with van der Waals surface area (Å²) in [5.41, 5.74) is 13.4. The second kappa shape index (κ2) is 7.83. The summed E-state index contributed by atoms with van der Waals surface area (Å²) < 4.78 is 5.90. The summed E-state index contributed by atoms with van der Waals surface area (Å²) in [6, 6.07) is 25.1. The Balaban J connectivity index is 1.48. The molecule has 4 aromatic heterocycles. The molecule has 4 heterocycles. The van der Waals surface area contributed by atoms with Gasteiger partial charge in [0.05, 0.1) is 22.2 Å². The molecule has 0 radical (unpaired) electrons. The Hall–Kier alpha value is -4.36. The van der Waals surface area contributed by atoms with E-state index in [4.69, 9.17) is 15.8 Å². The first-order chi connectivity index (χ1) is 17.6. The lowest BCUT2D eigenvalue weighted by Gasteiger charge is -2.38. The number of hydrogen-bond acceptors (Lipinski definition) is 4. The van der Waals surface area contributed by atoms with Gasteiger partial charge in [0, 0.05) is 30.5 Å². The van der Waals surface area contributed by atoms with Gasteiger partial charge < -0.3 is 5.73 Å². The van der Waals surface area contributed by atoms with Crippen LogP contribution in [0.2, 0.25) is 0 Å². The highest BCUT2D eigenvalue weighted by Gasteiger charge is 2.34. The van der Waals surface area contributed by atoms with Gasteiger partial charge in [0.2, 0.25) is 0 Å². The number of hydrogen-bond donors (Lipinski definition) is 1. The van der Waals surface area contributed by atoms with Crippen LogP contribution in [0.5, 0.6) is 0 Å². The van der Waals surface area contributed by atoms with Crippen LogP contribution in [0.3, 0.4) is 0 Å². The molecule has 0 amide bonds. The molecular weight excluding hydrogens is 446 g/mol. The van der Waals surface area contributed by atoms with Crippen LogP contribution >= 0.6 is 0 Å². The standard InChI is InChI=1S/C29H26N7/c1-34-16-12-26(32-34)27-33-36(23-10-8-22(9-11-23)29(30)14-5-15-29)28-24-18-21(20-6-3-2-4-7-20)19-31-25(24)13-17-35(27)28/h2-4,6-13,16-19H,5,14-15,30H2,1H3/q+1. The van der Waals surface area contributed by atoms with E-state index in [0.717, 1.165) is 57.7 Å². The summed E-state index contributed by atoms with van der Waals surface area (Å²) in [5, 5.41) is 10.7. The van der Waals surface area contributed by atoms with E-state index >= 15 is 0 Å². The van der Waals surface area contributed by atoms with Gasteiger partial charge in [0.15, 0.2) is 5.69 Å². The number of benzene rings is 2. The highest BCUT2D eigenvalue weighted by molar-refractivity contribution is 5.93. The third-order valence-corrected chi connectivity index (χ3v) is 7.38. The minimum atomic E-state index is -0.195. The monoisotopic (exact) mass is 472 g/mol. The number of pyridine rings is 2. The molecule has 0 bridgehead atoms. The van der Waals surface area contributed by atoms with Gasteiger partial charge in [-0.15, -0.1) is 0 Å². The zero-order valence-corrected chi connectivity index (χ0v) is 20.0. The van der Waals surface area contributed by atoms with E-state index in [1.165, 1.54) is 12.0 Å². The molecule has 1 aliphatic rings. The molecule has 0 atom stereocenters. The van der Waals surface area contributed by atoms with Gasteiger partial charge in [-0.1, -0.05) is 47.1 Å². The average Bonchev–Trinajstić information content (AvgIpc) is 3.51. The molecule has 1 saturated carbocycles. The molecule has 1 fully saturated rings. The highest BCUT2D eigenvalue weighted by atomic mass is 15.4. The Morgan fingerprint density at radius 1 is 0.917 bits per heavy atom. The Kier molecular flexibility index (Phi) is 4.56. The van der Waals surface area contributed by atoms with Gasteiger partial charge in [-0.05, 0) is 60.7 Å². The van der Waals surface area contributed by atoms with Crippen LogP contribution < -0.4 is 10.1 Å². The van der Waals surface area contributed by atoms with Crippen LogP contribution in [0.25, 0.3) is 44.9 Å². The lowest BCUT2D eigenvalue weighted by atomic mass is 9.73. The van der Waals surface area contributed by atoms with Crippen LogP contribution in [0.1, 0.15) is 24.8 Å². The lowest BCUT2D eigenvalue weighted by Crippen LogP contribution is -2.43. The molecule has 7 heteroatoms. The third kappa shape index (κ3) is 3.24. The van der Waals surface area contributed by atoms with E-state index in [9.17, 15) is 0 Å². The van der Waals surface area contributed by atoms with Gasteiger partial charge in [-0.2, -0.15) is 9.50 Å². The second-order valence-electron chi connectivity index (χ2n) is 9.70. The average molecular weight is 473 g/mol. The van der Waals surface area contributed by atoms with Crippen LogP contribution in [0, 0.1) is 0 Å². The zero-order valence-electron chi connectivity index (χ0n) is 20.0. The summed E-state index contributed by atoms with van der Waals surface area (Å²) in [4.78, 5) is 4.80. The molecule has 7 rings (SSSR count). The third-order valence-electron chi connectivity index (χ3n) is 7.38. The van der Waals surface area contributed by atoms with E-state index in [1.54, 1.807) is 4.68 Å². The molecule has 0 aliphatic heterocycles. The molecule has 36 heavy (non-hydrogen) atoms. The molecule has 1 aliphatic carbocycles. The minimum absolute atomic E-state index is 0.195. The summed E-state index contributed by atoms with van der Waals surface area (Å²) in [7, 11) is 1.92. The van der Waals surface area contributed by atoms with Gasteiger partial charge >= 0.3 is 5.82 Å². The Morgan fingerprint density at radius 2 is 1.72 bits per heavy atom. The first kappa shape index (κ1) is 21.0. The normalized spacial score (nSPS) is 14.8. The van der Waals surface area contributed by atoms with E-state index in [2.05, 4.69) is 52.0 Å². The molecule has 0 spiro atoms.